The van der Waals surface area contributed by atoms with Gasteiger partial charge in [0.15, 0.2) is 0 Å². The molecule has 122 valence electrons. The van der Waals surface area contributed by atoms with Crippen molar-refractivity contribution in [1.82, 2.24) is 0 Å². The summed E-state index contributed by atoms with van der Waals surface area (Å²) in [5, 5.41) is 0. The predicted molar refractivity (Wildman–Crippen MR) is 77.5 cm³/mol. The third-order valence-corrected chi connectivity index (χ3v) is 4.43. The molecular weight excluding hydrogens is 293 g/mol. The molecule has 2 nitrogen and oxygen atoms in total. The molecule has 2 rings (SSSR count). The summed E-state index contributed by atoms with van der Waals surface area (Å²) in [4.78, 5) is 11.2. The maximum atomic E-state index is 13.3. The minimum Gasteiger partial charge on any atom is -0.469 e. The van der Waals surface area contributed by atoms with Crippen LogP contribution in [-0.2, 0) is 22.1 Å². The molecule has 1 aromatic carbocycles. The topological polar surface area (TPSA) is 26.3 Å². The lowest BCUT2D eigenvalue weighted by Gasteiger charge is -2.17. The summed E-state index contributed by atoms with van der Waals surface area (Å²) in [6.45, 7) is 2.13. The van der Waals surface area contributed by atoms with E-state index in [1.165, 1.54) is 19.2 Å². The highest BCUT2D eigenvalue weighted by Gasteiger charge is 2.34. The van der Waals surface area contributed by atoms with Crippen LogP contribution in [0.1, 0.15) is 55.2 Å². The zero-order valence-corrected chi connectivity index (χ0v) is 12.9. The molecule has 1 aliphatic carbocycles. The van der Waals surface area contributed by atoms with Crippen molar-refractivity contribution in [2.75, 3.05) is 7.11 Å². The second kappa shape index (κ2) is 6.71. The molecule has 5 heteroatoms. The molecule has 0 saturated heterocycles. The van der Waals surface area contributed by atoms with Crippen molar-refractivity contribution in [2.24, 2.45) is 5.92 Å². The number of hydrogen-bond donors (Lipinski definition) is 0. The fourth-order valence-corrected chi connectivity index (χ4v) is 3.18. The summed E-state index contributed by atoms with van der Waals surface area (Å²) < 4.78 is 44.3. The smallest absolute Gasteiger partial charge is 0.416 e. The lowest BCUT2D eigenvalue weighted by atomic mass is 9.91. The van der Waals surface area contributed by atoms with Crippen LogP contribution in [-0.4, -0.2) is 13.1 Å². The highest BCUT2D eigenvalue weighted by molar-refractivity contribution is 5.69. The van der Waals surface area contributed by atoms with Crippen LogP contribution >= 0.6 is 0 Å². The number of carbonyl (C=O) groups is 1. The van der Waals surface area contributed by atoms with E-state index in [1.54, 1.807) is 6.07 Å². The molecule has 1 fully saturated rings. The first-order valence-electron chi connectivity index (χ1n) is 7.58. The Labute approximate surface area is 128 Å². The predicted octanol–water partition coefficient (Wildman–Crippen LogP) is 4.71. The number of carbonyl (C=O) groups excluding carboxylic acids is 1. The lowest BCUT2D eigenvalue weighted by molar-refractivity contribution is -0.142. The molecule has 1 aliphatic rings. The minimum absolute atomic E-state index is 0.0423. The summed E-state index contributed by atoms with van der Waals surface area (Å²) in [5.74, 6) is 0.283. The Kier molecular flexibility index (Phi) is 5.14. The average molecular weight is 314 g/mol. The Morgan fingerprint density at radius 1 is 1.32 bits per heavy atom. The Morgan fingerprint density at radius 2 is 2.05 bits per heavy atom. The van der Waals surface area contributed by atoms with E-state index in [0.717, 1.165) is 24.8 Å². The highest BCUT2D eigenvalue weighted by Crippen LogP contribution is 2.41. The van der Waals surface area contributed by atoms with Crippen LogP contribution in [0.5, 0.6) is 0 Å². The number of ether oxygens (including phenoxy) is 1. The molecule has 0 unspecified atom stereocenters. The number of methoxy groups -OCH3 is 1. The van der Waals surface area contributed by atoms with Crippen LogP contribution in [0.3, 0.4) is 0 Å². The van der Waals surface area contributed by atoms with Crippen molar-refractivity contribution < 1.29 is 22.7 Å². The number of hydrogen-bond acceptors (Lipinski definition) is 2. The van der Waals surface area contributed by atoms with Crippen molar-refractivity contribution in [1.29, 1.82) is 0 Å². The molecule has 0 aliphatic heterocycles. The Hall–Kier alpha value is -1.52. The Balaban J connectivity index is 2.25. The largest absolute Gasteiger partial charge is 0.469 e. The molecule has 2 atom stereocenters. The number of benzene rings is 1. The maximum Gasteiger partial charge on any atom is 0.416 e. The normalized spacial score (nSPS) is 21.9. The van der Waals surface area contributed by atoms with Gasteiger partial charge in [-0.2, -0.15) is 13.2 Å². The maximum absolute atomic E-state index is 13.3. The summed E-state index contributed by atoms with van der Waals surface area (Å²) in [5.41, 5.74) is 0.305. The van der Waals surface area contributed by atoms with Gasteiger partial charge in [0.2, 0.25) is 0 Å². The molecule has 0 amide bonds. The van der Waals surface area contributed by atoms with Crippen LogP contribution in [0.15, 0.2) is 18.2 Å². The van der Waals surface area contributed by atoms with Crippen LogP contribution in [0.25, 0.3) is 0 Å². The fourth-order valence-electron chi connectivity index (χ4n) is 3.18. The van der Waals surface area contributed by atoms with Crippen molar-refractivity contribution in [3.8, 4) is 0 Å². The first-order chi connectivity index (χ1) is 10.3. The summed E-state index contributed by atoms with van der Waals surface area (Å²) >= 11 is 0. The van der Waals surface area contributed by atoms with E-state index in [0.29, 0.717) is 5.92 Å². The van der Waals surface area contributed by atoms with Crippen LogP contribution in [0.4, 0.5) is 13.2 Å². The van der Waals surface area contributed by atoms with Crippen molar-refractivity contribution in [3.63, 3.8) is 0 Å². The second-order valence-corrected chi connectivity index (χ2v) is 6.11. The number of aryl methyl sites for hydroxylation is 1. The van der Waals surface area contributed by atoms with Gasteiger partial charge in [0.1, 0.15) is 0 Å². The number of rotatable bonds is 4. The molecule has 0 spiro atoms. The van der Waals surface area contributed by atoms with E-state index >= 15 is 0 Å². The summed E-state index contributed by atoms with van der Waals surface area (Å²) in [6, 6.07) is 4.57. The van der Waals surface area contributed by atoms with Crippen LogP contribution < -0.4 is 0 Å². The average Bonchev–Trinajstić information content (AvgIpc) is 2.90. The van der Waals surface area contributed by atoms with Crippen LogP contribution in [0.2, 0.25) is 0 Å². The van der Waals surface area contributed by atoms with E-state index in [4.69, 9.17) is 0 Å². The first kappa shape index (κ1) is 16.8. The van der Waals surface area contributed by atoms with E-state index in [9.17, 15) is 18.0 Å². The molecule has 0 bridgehead atoms. The highest BCUT2D eigenvalue weighted by atomic mass is 19.4. The van der Waals surface area contributed by atoms with E-state index < -0.39 is 17.7 Å². The van der Waals surface area contributed by atoms with Gasteiger partial charge in [0.25, 0.3) is 0 Å². The van der Waals surface area contributed by atoms with Crippen molar-refractivity contribution >= 4 is 5.97 Å². The molecular formula is C17H21F3O2. The molecule has 0 radical (unpaired) electrons. The molecule has 1 aromatic rings. The number of alkyl halides is 3. The quantitative estimate of drug-likeness (QED) is 0.752. The zero-order chi connectivity index (χ0) is 16.3. The van der Waals surface area contributed by atoms with E-state index in [2.05, 4.69) is 11.7 Å². The molecule has 0 N–H and O–H groups in total. The molecule has 0 heterocycles. The molecule has 0 aromatic heterocycles. The van der Waals surface area contributed by atoms with Crippen molar-refractivity contribution in [3.05, 3.63) is 34.9 Å². The van der Waals surface area contributed by atoms with Gasteiger partial charge in [-0.25, -0.2) is 0 Å². The van der Waals surface area contributed by atoms with Gasteiger partial charge in [-0.1, -0.05) is 25.5 Å². The zero-order valence-electron chi connectivity index (χ0n) is 12.9. The number of esters is 1. The van der Waals surface area contributed by atoms with Gasteiger partial charge in [-0.3, -0.25) is 4.79 Å². The van der Waals surface area contributed by atoms with Gasteiger partial charge in [-0.15, -0.1) is 0 Å². The lowest BCUT2D eigenvalue weighted by Crippen LogP contribution is -2.12. The monoisotopic (exact) mass is 314 g/mol. The fraction of sp³-hybridized carbons (Fsp3) is 0.588. The van der Waals surface area contributed by atoms with Gasteiger partial charge >= 0.3 is 12.1 Å². The molecule has 1 saturated carbocycles. The Morgan fingerprint density at radius 3 is 2.59 bits per heavy atom. The summed E-state index contributed by atoms with van der Waals surface area (Å²) in [7, 11) is 1.23. The SMILES string of the molecule is COC(=O)CCc1ccc([C@@H]2CC[C@H](C)C2)cc1C(F)(F)F. The van der Waals surface area contributed by atoms with E-state index in [-0.39, 0.29) is 24.3 Å². The van der Waals surface area contributed by atoms with E-state index in [1.807, 2.05) is 0 Å². The Bertz CT molecular complexity index is 537. The molecule has 22 heavy (non-hydrogen) atoms. The van der Waals surface area contributed by atoms with Gasteiger partial charge < -0.3 is 4.74 Å². The number of halogens is 3. The second-order valence-electron chi connectivity index (χ2n) is 6.11. The standard InChI is InChI=1S/C17H21F3O2/c1-11-3-4-13(9-11)14-6-5-12(7-8-16(21)22-2)15(10-14)17(18,19)20/h5-6,10-11,13H,3-4,7-9H2,1-2H3/t11-,13+/m0/s1. The third kappa shape index (κ3) is 4.02. The van der Waals surface area contributed by atoms with Gasteiger partial charge in [0, 0.05) is 6.42 Å². The third-order valence-electron chi connectivity index (χ3n) is 4.43. The van der Waals surface area contributed by atoms with Gasteiger partial charge in [-0.05, 0) is 48.3 Å². The first-order valence-corrected chi connectivity index (χ1v) is 7.58. The summed E-state index contributed by atoms with van der Waals surface area (Å²) in [6.07, 6.45) is -1.44. The van der Waals surface area contributed by atoms with Crippen LogP contribution in [0, 0.1) is 5.92 Å². The minimum atomic E-state index is -4.40. The van der Waals surface area contributed by atoms with Gasteiger partial charge in [0.05, 0.1) is 12.7 Å². The van der Waals surface area contributed by atoms with Crippen molar-refractivity contribution in [2.45, 2.75) is 51.1 Å².